The van der Waals surface area contributed by atoms with Crippen LogP contribution in [0.1, 0.15) is 5.56 Å². The first-order chi connectivity index (χ1) is 9.60. The maximum atomic E-state index is 11.3. The maximum Gasteiger partial charge on any atom is 0.322 e. The number of nitrogens with zero attached hydrogens (tertiary/aromatic N) is 1. The zero-order valence-electron chi connectivity index (χ0n) is 11.1. The number of esters is 1. The minimum Gasteiger partial charge on any atom is -0.493 e. The summed E-state index contributed by atoms with van der Waals surface area (Å²) in [5.41, 5.74) is 8.49. The summed E-state index contributed by atoms with van der Waals surface area (Å²) >= 11 is 0. The van der Waals surface area contributed by atoms with Gasteiger partial charge in [0.2, 0.25) is 5.88 Å². The molecule has 0 saturated carbocycles. The van der Waals surface area contributed by atoms with Crippen molar-refractivity contribution < 1.29 is 14.6 Å². The molecule has 0 aliphatic carbocycles. The number of pyridine rings is 1. The van der Waals surface area contributed by atoms with E-state index in [1.165, 1.54) is 7.11 Å². The summed E-state index contributed by atoms with van der Waals surface area (Å²) in [4.78, 5) is 15.0. The fourth-order valence-electron chi connectivity index (χ4n) is 1.92. The molecule has 1 aromatic carbocycles. The summed E-state index contributed by atoms with van der Waals surface area (Å²) in [7, 11) is 1.32. The number of benzene rings is 1. The standard InChI is InChI=1S/C15H16N2O3/c1-20-15(19)13(16)8-10-2-4-11(5-3-10)12-6-7-17-14(18)9-12/h2-7,9,13H,8,16H2,1H3,(H,17,18). The van der Waals surface area contributed by atoms with Gasteiger partial charge in [0.1, 0.15) is 6.04 Å². The molecule has 0 radical (unpaired) electrons. The smallest absolute Gasteiger partial charge is 0.322 e. The molecule has 0 fully saturated rings. The number of ether oxygens (including phenoxy) is 1. The van der Waals surface area contributed by atoms with Crippen LogP contribution in [0.3, 0.4) is 0 Å². The van der Waals surface area contributed by atoms with Gasteiger partial charge in [0.15, 0.2) is 0 Å². The summed E-state index contributed by atoms with van der Waals surface area (Å²) in [6, 6.07) is 10.4. The second-order valence-electron chi connectivity index (χ2n) is 4.43. The van der Waals surface area contributed by atoms with Gasteiger partial charge in [-0.05, 0) is 29.2 Å². The highest BCUT2D eigenvalue weighted by Crippen LogP contribution is 2.22. The molecule has 3 N–H and O–H groups in total. The summed E-state index contributed by atoms with van der Waals surface area (Å²) < 4.78 is 4.59. The number of carbonyl (C=O) groups is 1. The highest BCUT2D eigenvalue weighted by molar-refractivity contribution is 5.75. The van der Waals surface area contributed by atoms with Gasteiger partial charge in [0, 0.05) is 12.3 Å². The number of methoxy groups -OCH3 is 1. The van der Waals surface area contributed by atoms with Crippen LogP contribution in [-0.4, -0.2) is 29.2 Å². The number of hydrogen-bond donors (Lipinski definition) is 2. The Balaban J connectivity index is 2.12. The third kappa shape index (κ3) is 3.33. The highest BCUT2D eigenvalue weighted by atomic mass is 16.5. The molecular formula is C15H16N2O3. The number of hydrogen-bond acceptors (Lipinski definition) is 5. The van der Waals surface area contributed by atoms with Crippen LogP contribution < -0.4 is 5.73 Å². The van der Waals surface area contributed by atoms with Gasteiger partial charge in [-0.1, -0.05) is 24.3 Å². The number of nitrogens with two attached hydrogens (primary N) is 1. The van der Waals surface area contributed by atoms with Crippen molar-refractivity contribution in [1.29, 1.82) is 0 Å². The Morgan fingerprint density at radius 3 is 2.60 bits per heavy atom. The van der Waals surface area contributed by atoms with Crippen LogP contribution >= 0.6 is 0 Å². The minimum atomic E-state index is -0.657. The van der Waals surface area contributed by atoms with E-state index in [1.807, 2.05) is 30.3 Å². The molecule has 1 unspecified atom stereocenters. The van der Waals surface area contributed by atoms with E-state index in [1.54, 1.807) is 12.3 Å². The minimum absolute atomic E-state index is 0.0145. The van der Waals surface area contributed by atoms with Crippen molar-refractivity contribution in [3.05, 3.63) is 48.2 Å². The largest absolute Gasteiger partial charge is 0.493 e. The van der Waals surface area contributed by atoms with Crippen LogP contribution in [0, 0.1) is 0 Å². The third-order valence-corrected chi connectivity index (χ3v) is 2.99. The molecule has 1 heterocycles. The summed E-state index contributed by atoms with van der Waals surface area (Å²) in [6.07, 6.45) is 1.97. The molecule has 0 aliphatic heterocycles. The van der Waals surface area contributed by atoms with E-state index in [-0.39, 0.29) is 5.88 Å². The molecule has 5 nitrogen and oxygen atoms in total. The maximum absolute atomic E-state index is 11.3. The average Bonchev–Trinajstić information content (AvgIpc) is 2.47. The van der Waals surface area contributed by atoms with E-state index in [4.69, 9.17) is 5.73 Å². The predicted molar refractivity (Wildman–Crippen MR) is 75.0 cm³/mol. The molecule has 1 aromatic heterocycles. The van der Waals surface area contributed by atoms with Crippen molar-refractivity contribution in [2.24, 2.45) is 5.73 Å². The number of rotatable bonds is 4. The molecule has 2 aromatic rings. The predicted octanol–water partition coefficient (Wildman–Crippen LogP) is 1.50. The molecular weight excluding hydrogens is 256 g/mol. The second kappa shape index (κ2) is 6.16. The Bertz CT molecular complexity index is 596. The Morgan fingerprint density at radius 1 is 1.30 bits per heavy atom. The average molecular weight is 272 g/mol. The first kappa shape index (κ1) is 14.0. The van der Waals surface area contributed by atoms with Gasteiger partial charge in [-0.3, -0.25) is 4.79 Å². The van der Waals surface area contributed by atoms with Gasteiger partial charge in [-0.15, -0.1) is 0 Å². The van der Waals surface area contributed by atoms with Gasteiger partial charge in [-0.2, -0.15) is 0 Å². The van der Waals surface area contributed by atoms with Crippen LogP contribution in [-0.2, 0) is 16.0 Å². The SMILES string of the molecule is COC(=O)C(N)Cc1ccc(-c2ccnc(O)c2)cc1. The number of carbonyl (C=O) groups excluding carboxylic acids is 1. The first-order valence-electron chi connectivity index (χ1n) is 6.18. The van der Waals surface area contributed by atoms with E-state index in [2.05, 4.69) is 9.72 Å². The zero-order chi connectivity index (χ0) is 14.5. The van der Waals surface area contributed by atoms with Crippen molar-refractivity contribution in [2.75, 3.05) is 7.11 Å². The van der Waals surface area contributed by atoms with Gasteiger partial charge in [0.05, 0.1) is 7.11 Å². The zero-order valence-corrected chi connectivity index (χ0v) is 11.1. The van der Waals surface area contributed by atoms with E-state index in [0.717, 1.165) is 16.7 Å². The van der Waals surface area contributed by atoms with E-state index >= 15 is 0 Å². The van der Waals surface area contributed by atoms with Gasteiger partial charge >= 0.3 is 5.97 Å². The Hall–Kier alpha value is -2.40. The second-order valence-corrected chi connectivity index (χ2v) is 4.43. The lowest BCUT2D eigenvalue weighted by atomic mass is 10.0. The molecule has 0 spiro atoms. The van der Waals surface area contributed by atoms with E-state index in [9.17, 15) is 9.90 Å². The Morgan fingerprint density at radius 2 is 2.00 bits per heavy atom. The van der Waals surface area contributed by atoms with E-state index in [0.29, 0.717) is 6.42 Å². The molecule has 2 rings (SSSR count). The normalized spacial score (nSPS) is 11.9. The first-order valence-corrected chi connectivity index (χ1v) is 6.18. The van der Waals surface area contributed by atoms with Gasteiger partial charge in [-0.25, -0.2) is 4.98 Å². The quantitative estimate of drug-likeness (QED) is 0.824. The third-order valence-electron chi connectivity index (χ3n) is 2.99. The van der Waals surface area contributed by atoms with Gasteiger partial charge < -0.3 is 15.6 Å². The summed E-state index contributed by atoms with van der Waals surface area (Å²) in [6.45, 7) is 0. The van der Waals surface area contributed by atoms with Crippen molar-refractivity contribution in [1.82, 2.24) is 4.98 Å². The van der Waals surface area contributed by atoms with Gasteiger partial charge in [0.25, 0.3) is 0 Å². The molecule has 1 atom stereocenters. The molecule has 0 aliphatic rings. The van der Waals surface area contributed by atoms with Crippen molar-refractivity contribution >= 4 is 5.97 Å². The van der Waals surface area contributed by atoms with Crippen LogP contribution in [0.15, 0.2) is 42.6 Å². The molecule has 20 heavy (non-hydrogen) atoms. The molecule has 5 heteroatoms. The molecule has 0 amide bonds. The van der Waals surface area contributed by atoms with Crippen LogP contribution in [0.5, 0.6) is 5.88 Å². The Labute approximate surface area is 117 Å². The van der Waals surface area contributed by atoms with Crippen LogP contribution in [0.25, 0.3) is 11.1 Å². The molecule has 104 valence electrons. The molecule has 0 saturated heterocycles. The van der Waals surface area contributed by atoms with Crippen molar-refractivity contribution in [2.45, 2.75) is 12.5 Å². The lowest BCUT2D eigenvalue weighted by Crippen LogP contribution is -2.33. The topological polar surface area (TPSA) is 85.4 Å². The van der Waals surface area contributed by atoms with Crippen LogP contribution in [0.2, 0.25) is 0 Å². The lowest BCUT2D eigenvalue weighted by Gasteiger charge is -2.09. The highest BCUT2D eigenvalue weighted by Gasteiger charge is 2.14. The summed E-state index contributed by atoms with van der Waals surface area (Å²) in [5.74, 6) is -0.438. The monoisotopic (exact) mass is 272 g/mol. The van der Waals surface area contributed by atoms with Crippen LogP contribution in [0.4, 0.5) is 0 Å². The van der Waals surface area contributed by atoms with Crippen molar-refractivity contribution in [3.63, 3.8) is 0 Å². The fraction of sp³-hybridized carbons (Fsp3) is 0.200. The van der Waals surface area contributed by atoms with Crippen molar-refractivity contribution in [3.8, 4) is 17.0 Å². The number of aromatic nitrogens is 1. The number of aromatic hydroxyl groups is 1. The lowest BCUT2D eigenvalue weighted by molar-refractivity contribution is -0.142. The Kier molecular flexibility index (Phi) is 4.32. The summed E-state index contributed by atoms with van der Waals surface area (Å²) in [5, 5.41) is 9.36. The molecule has 0 bridgehead atoms. The van der Waals surface area contributed by atoms with E-state index < -0.39 is 12.0 Å². The fourth-order valence-corrected chi connectivity index (χ4v) is 1.92.